The third-order valence-corrected chi connectivity index (χ3v) is 3.42. The molecule has 1 unspecified atom stereocenters. The van der Waals surface area contributed by atoms with E-state index in [1.54, 1.807) is 13.3 Å². The van der Waals surface area contributed by atoms with Crippen LogP contribution in [0.15, 0.2) is 24.4 Å². The van der Waals surface area contributed by atoms with Gasteiger partial charge in [0.1, 0.15) is 11.4 Å². The predicted molar refractivity (Wildman–Crippen MR) is 83.6 cm³/mol. The van der Waals surface area contributed by atoms with Gasteiger partial charge in [-0.2, -0.15) is 5.10 Å². The number of rotatable bonds is 7. The van der Waals surface area contributed by atoms with Crippen molar-refractivity contribution in [3.8, 4) is 5.75 Å². The van der Waals surface area contributed by atoms with Crippen LogP contribution >= 0.6 is 0 Å². The second-order valence-electron chi connectivity index (χ2n) is 5.00. The summed E-state index contributed by atoms with van der Waals surface area (Å²) in [5.74, 6) is 0.799. The van der Waals surface area contributed by atoms with Crippen molar-refractivity contribution in [3.63, 3.8) is 0 Å². The van der Waals surface area contributed by atoms with Crippen LogP contribution in [0.1, 0.15) is 43.4 Å². The van der Waals surface area contributed by atoms with E-state index < -0.39 is 0 Å². The zero-order valence-corrected chi connectivity index (χ0v) is 13.3. The van der Waals surface area contributed by atoms with Gasteiger partial charge in [0.15, 0.2) is 0 Å². The molecule has 0 saturated heterocycles. The van der Waals surface area contributed by atoms with Gasteiger partial charge in [-0.05, 0) is 45.0 Å². The molecule has 0 aliphatic heterocycles. The van der Waals surface area contributed by atoms with Gasteiger partial charge < -0.3 is 10.1 Å². The molecule has 2 aromatic heterocycles. The van der Waals surface area contributed by atoms with E-state index in [1.165, 1.54) is 0 Å². The highest BCUT2D eigenvalue weighted by Crippen LogP contribution is 2.28. The largest absolute Gasteiger partial charge is 0.495 e. The van der Waals surface area contributed by atoms with Gasteiger partial charge >= 0.3 is 0 Å². The lowest BCUT2D eigenvalue weighted by Gasteiger charge is -2.21. The van der Waals surface area contributed by atoms with E-state index in [0.29, 0.717) is 0 Å². The van der Waals surface area contributed by atoms with Crippen molar-refractivity contribution in [2.45, 2.75) is 39.8 Å². The average Bonchev–Trinajstić information content (AvgIpc) is 2.89. The molecule has 0 saturated carbocycles. The number of ether oxygens (including phenoxy) is 1. The summed E-state index contributed by atoms with van der Waals surface area (Å²) in [4.78, 5) is 4.54. The van der Waals surface area contributed by atoms with Crippen LogP contribution in [-0.4, -0.2) is 28.4 Å². The Morgan fingerprint density at radius 1 is 1.38 bits per heavy atom. The average molecular weight is 288 g/mol. The molecule has 0 aromatic carbocycles. The fraction of sp³-hybridized carbons (Fsp3) is 0.500. The van der Waals surface area contributed by atoms with Gasteiger partial charge in [0.05, 0.1) is 24.5 Å². The van der Waals surface area contributed by atoms with E-state index in [0.717, 1.165) is 42.3 Å². The number of nitrogens with one attached hydrogen (secondary N) is 1. The molecule has 5 heteroatoms. The van der Waals surface area contributed by atoms with Crippen molar-refractivity contribution < 1.29 is 4.74 Å². The number of aromatic nitrogens is 3. The number of methoxy groups -OCH3 is 1. The molecule has 0 spiro atoms. The van der Waals surface area contributed by atoms with Crippen LogP contribution in [0.2, 0.25) is 0 Å². The first-order valence-electron chi connectivity index (χ1n) is 7.47. The van der Waals surface area contributed by atoms with Gasteiger partial charge in [-0.1, -0.05) is 6.92 Å². The van der Waals surface area contributed by atoms with Gasteiger partial charge in [0, 0.05) is 12.7 Å². The third kappa shape index (κ3) is 3.42. The van der Waals surface area contributed by atoms with Crippen molar-refractivity contribution in [2.75, 3.05) is 13.7 Å². The molecule has 2 heterocycles. The SMILES string of the molecule is CCCNC(c1ncccc1OC)c1cc(C)nn1CC. The van der Waals surface area contributed by atoms with Crippen LogP contribution in [0.5, 0.6) is 5.75 Å². The molecule has 1 atom stereocenters. The molecule has 0 bridgehead atoms. The molecule has 21 heavy (non-hydrogen) atoms. The van der Waals surface area contributed by atoms with Crippen molar-refractivity contribution in [1.29, 1.82) is 0 Å². The fourth-order valence-electron chi connectivity index (χ4n) is 2.47. The molecule has 0 aliphatic carbocycles. The van der Waals surface area contributed by atoms with Crippen LogP contribution in [0, 0.1) is 6.92 Å². The minimum Gasteiger partial charge on any atom is -0.495 e. The number of aryl methyl sites for hydroxylation is 2. The Hall–Kier alpha value is -1.88. The standard InChI is InChI=1S/C16H24N4O/c1-5-9-17-15(13-11-12(3)19-20(13)6-2)16-14(21-4)8-7-10-18-16/h7-8,10-11,15,17H,5-6,9H2,1-4H3. The van der Waals surface area contributed by atoms with Crippen LogP contribution in [-0.2, 0) is 6.54 Å². The van der Waals surface area contributed by atoms with Crippen LogP contribution in [0.4, 0.5) is 0 Å². The zero-order valence-electron chi connectivity index (χ0n) is 13.3. The van der Waals surface area contributed by atoms with Crippen molar-refractivity contribution in [3.05, 3.63) is 41.5 Å². The number of hydrogen-bond donors (Lipinski definition) is 1. The number of pyridine rings is 1. The molecule has 0 radical (unpaired) electrons. The van der Waals surface area contributed by atoms with Crippen molar-refractivity contribution >= 4 is 0 Å². The maximum atomic E-state index is 5.48. The summed E-state index contributed by atoms with van der Waals surface area (Å²) in [6, 6.07) is 5.94. The lowest BCUT2D eigenvalue weighted by atomic mass is 10.1. The van der Waals surface area contributed by atoms with E-state index >= 15 is 0 Å². The molecule has 0 aliphatic rings. The second-order valence-corrected chi connectivity index (χ2v) is 5.00. The summed E-state index contributed by atoms with van der Waals surface area (Å²) in [7, 11) is 1.68. The maximum absolute atomic E-state index is 5.48. The molecular weight excluding hydrogens is 264 g/mol. The Kier molecular flexibility index (Phi) is 5.33. The normalized spacial score (nSPS) is 12.4. The predicted octanol–water partition coefficient (Wildman–Crippen LogP) is 2.70. The Morgan fingerprint density at radius 2 is 2.19 bits per heavy atom. The number of nitrogens with zero attached hydrogens (tertiary/aromatic N) is 3. The van der Waals surface area contributed by atoms with E-state index in [-0.39, 0.29) is 6.04 Å². The summed E-state index contributed by atoms with van der Waals surface area (Å²) in [5.41, 5.74) is 3.05. The first-order chi connectivity index (χ1) is 10.2. The van der Waals surface area contributed by atoms with Crippen LogP contribution < -0.4 is 10.1 Å². The van der Waals surface area contributed by atoms with Gasteiger partial charge in [0.2, 0.25) is 0 Å². The third-order valence-electron chi connectivity index (χ3n) is 3.42. The van der Waals surface area contributed by atoms with E-state index in [1.807, 2.05) is 23.7 Å². The smallest absolute Gasteiger partial charge is 0.142 e. The first kappa shape index (κ1) is 15.5. The Labute approximate surface area is 126 Å². The van der Waals surface area contributed by atoms with E-state index in [2.05, 4.69) is 35.3 Å². The highest BCUT2D eigenvalue weighted by atomic mass is 16.5. The summed E-state index contributed by atoms with van der Waals surface area (Å²) in [6.45, 7) is 8.02. The van der Waals surface area contributed by atoms with Gasteiger partial charge in [0.25, 0.3) is 0 Å². The minimum atomic E-state index is -0.0118. The quantitative estimate of drug-likeness (QED) is 0.851. The highest BCUT2D eigenvalue weighted by molar-refractivity contribution is 5.35. The summed E-state index contributed by atoms with van der Waals surface area (Å²) < 4.78 is 7.50. The first-order valence-corrected chi connectivity index (χ1v) is 7.47. The van der Waals surface area contributed by atoms with Gasteiger partial charge in [-0.3, -0.25) is 9.67 Å². The van der Waals surface area contributed by atoms with Crippen molar-refractivity contribution in [1.82, 2.24) is 20.1 Å². The fourth-order valence-corrected chi connectivity index (χ4v) is 2.47. The Balaban J connectivity index is 2.47. The second kappa shape index (κ2) is 7.22. The monoisotopic (exact) mass is 288 g/mol. The van der Waals surface area contributed by atoms with E-state index in [9.17, 15) is 0 Å². The number of hydrogen-bond acceptors (Lipinski definition) is 4. The maximum Gasteiger partial charge on any atom is 0.142 e. The topological polar surface area (TPSA) is 52.0 Å². The summed E-state index contributed by atoms with van der Waals surface area (Å²) >= 11 is 0. The summed E-state index contributed by atoms with van der Waals surface area (Å²) in [6.07, 6.45) is 2.86. The zero-order chi connectivity index (χ0) is 15.2. The van der Waals surface area contributed by atoms with Crippen LogP contribution in [0.25, 0.3) is 0 Å². The molecular formula is C16H24N4O. The van der Waals surface area contributed by atoms with Crippen LogP contribution in [0.3, 0.4) is 0 Å². The minimum absolute atomic E-state index is 0.0118. The summed E-state index contributed by atoms with van der Waals surface area (Å²) in [5, 5.41) is 8.11. The lowest BCUT2D eigenvalue weighted by molar-refractivity contribution is 0.397. The Morgan fingerprint density at radius 3 is 2.86 bits per heavy atom. The molecule has 114 valence electrons. The molecule has 5 nitrogen and oxygen atoms in total. The lowest BCUT2D eigenvalue weighted by Crippen LogP contribution is -2.27. The molecule has 2 rings (SSSR count). The molecule has 1 N–H and O–H groups in total. The molecule has 2 aromatic rings. The Bertz CT molecular complexity index is 579. The van der Waals surface area contributed by atoms with Gasteiger partial charge in [-0.15, -0.1) is 0 Å². The van der Waals surface area contributed by atoms with E-state index in [4.69, 9.17) is 4.74 Å². The van der Waals surface area contributed by atoms with Gasteiger partial charge in [-0.25, -0.2) is 0 Å². The highest BCUT2D eigenvalue weighted by Gasteiger charge is 2.22. The van der Waals surface area contributed by atoms with Crippen molar-refractivity contribution in [2.24, 2.45) is 0 Å². The molecule has 0 amide bonds. The molecule has 0 fully saturated rings.